The summed E-state index contributed by atoms with van der Waals surface area (Å²) in [4.78, 5) is 27.9. The minimum atomic E-state index is -1.17. The number of alkyl carbamates (subject to hydrolysis) is 1. The molecule has 1 atom stereocenters. The van der Waals surface area contributed by atoms with Crippen LogP contribution in [0.2, 0.25) is 0 Å². The van der Waals surface area contributed by atoms with Gasteiger partial charge in [0.05, 0.1) is 19.1 Å². The topological polar surface area (TPSA) is 93.5 Å². The molecule has 1 amide bonds. The van der Waals surface area contributed by atoms with E-state index >= 15 is 0 Å². The Kier molecular flexibility index (Phi) is 6.73. The van der Waals surface area contributed by atoms with Crippen molar-refractivity contribution in [3.63, 3.8) is 0 Å². The lowest BCUT2D eigenvalue weighted by atomic mass is 9.77. The summed E-state index contributed by atoms with van der Waals surface area (Å²) in [6.07, 6.45) is 2.74. The van der Waals surface area contributed by atoms with Crippen molar-refractivity contribution in [2.75, 3.05) is 7.11 Å². The zero-order chi connectivity index (χ0) is 24.0. The number of carboxylic acid groups (broad SMARTS) is 1. The lowest BCUT2D eigenvalue weighted by Gasteiger charge is -2.37. The normalized spacial score (nSPS) is 12.0. The number of aromatic nitrogens is 2. The van der Waals surface area contributed by atoms with Gasteiger partial charge in [0.15, 0.2) is 0 Å². The smallest absolute Gasteiger partial charge is 0.407 e. The van der Waals surface area contributed by atoms with E-state index in [2.05, 4.69) is 51.4 Å². The fraction of sp³-hybridized carbons (Fsp3) is 0.148. The lowest BCUT2D eigenvalue weighted by Crippen LogP contribution is -2.42. The highest BCUT2D eigenvalue weighted by Crippen LogP contribution is 2.40. The number of rotatable bonds is 8. The summed E-state index contributed by atoms with van der Waals surface area (Å²) in [5.74, 6) is -1.17. The number of imidazole rings is 1. The van der Waals surface area contributed by atoms with Crippen molar-refractivity contribution in [2.45, 2.75) is 18.0 Å². The fourth-order valence-electron chi connectivity index (χ4n) is 4.25. The molecule has 7 heteroatoms. The van der Waals surface area contributed by atoms with Crippen LogP contribution in [-0.2, 0) is 21.5 Å². The van der Waals surface area contributed by atoms with Gasteiger partial charge in [0.1, 0.15) is 11.6 Å². The molecule has 0 bridgehead atoms. The van der Waals surface area contributed by atoms with E-state index in [1.54, 1.807) is 6.33 Å². The van der Waals surface area contributed by atoms with Crippen molar-refractivity contribution in [3.8, 4) is 0 Å². The maximum atomic E-state index is 11.7. The summed E-state index contributed by atoms with van der Waals surface area (Å²) in [6, 6.07) is 29.1. The average Bonchev–Trinajstić information content (AvgIpc) is 3.34. The number of carbonyl (C=O) groups excluding carboxylic acids is 1. The van der Waals surface area contributed by atoms with Crippen molar-refractivity contribution in [3.05, 3.63) is 126 Å². The monoisotopic (exact) mass is 455 g/mol. The van der Waals surface area contributed by atoms with Gasteiger partial charge < -0.3 is 19.7 Å². The fourth-order valence-corrected chi connectivity index (χ4v) is 4.25. The average molecular weight is 456 g/mol. The summed E-state index contributed by atoms with van der Waals surface area (Å²) in [6.45, 7) is 0. The number of amides is 1. The highest BCUT2D eigenvalue weighted by atomic mass is 16.5. The molecule has 0 aliphatic heterocycles. The van der Waals surface area contributed by atoms with Crippen molar-refractivity contribution in [1.82, 2.24) is 14.9 Å². The number of nitrogens with zero attached hydrogens (tertiary/aromatic N) is 2. The van der Waals surface area contributed by atoms with Gasteiger partial charge in [-0.2, -0.15) is 0 Å². The van der Waals surface area contributed by atoms with Crippen molar-refractivity contribution in [1.29, 1.82) is 0 Å². The van der Waals surface area contributed by atoms with Crippen molar-refractivity contribution in [2.24, 2.45) is 0 Å². The Balaban J connectivity index is 1.87. The second kappa shape index (κ2) is 10.0. The summed E-state index contributed by atoms with van der Waals surface area (Å²) in [5.41, 5.74) is 2.86. The first-order chi connectivity index (χ1) is 16.6. The maximum Gasteiger partial charge on any atom is 0.407 e. The van der Waals surface area contributed by atoms with Crippen LogP contribution in [0.15, 0.2) is 104 Å². The molecule has 0 saturated carbocycles. The van der Waals surface area contributed by atoms with Gasteiger partial charge in [-0.25, -0.2) is 14.6 Å². The molecule has 3 aromatic carbocycles. The summed E-state index contributed by atoms with van der Waals surface area (Å²) in [7, 11) is 1.19. The van der Waals surface area contributed by atoms with E-state index in [1.165, 1.54) is 7.11 Å². The third-order valence-electron chi connectivity index (χ3n) is 5.79. The molecule has 0 aliphatic carbocycles. The molecule has 4 rings (SSSR count). The first-order valence-electron chi connectivity index (χ1n) is 10.8. The van der Waals surface area contributed by atoms with Gasteiger partial charge in [-0.1, -0.05) is 91.0 Å². The third-order valence-corrected chi connectivity index (χ3v) is 5.79. The first kappa shape index (κ1) is 22.8. The molecule has 34 heavy (non-hydrogen) atoms. The van der Waals surface area contributed by atoms with Gasteiger partial charge in [0, 0.05) is 12.6 Å². The molecule has 7 nitrogen and oxygen atoms in total. The zero-order valence-electron chi connectivity index (χ0n) is 18.7. The minimum Gasteiger partial charge on any atom is -0.480 e. The Morgan fingerprint density at radius 3 is 1.79 bits per heavy atom. The first-order valence-corrected chi connectivity index (χ1v) is 10.8. The molecular weight excluding hydrogens is 430 g/mol. The number of nitrogens with one attached hydrogen (secondary N) is 1. The molecule has 0 aliphatic rings. The quantitative estimate of drug-likeness (QED) is 0.391. The van der Waals surface area contributed by atoms with Gasteiger partial charge in [-0.3, -0.25) is 0 Å². The summed E-state index contributed by atoms with van der Waals surface area (Å²) >= 11 is 0. The number of hydrogen-bond donors (Lipinski definition) is 2. The van der Waals surface area contributed by atoms with Crippen LogP contribution in [0.3, 0.4) is 0 Å². The Morgan fingerprint density at radius 1 is 0.912 bits per heavy atom. The van der Waals surface area contributed by atoms with Crippen LogP contribution in [0, 0.1) is 0 Å². The zero-order valence-corrected chi connectivity index (χ0v) is 18.7. The van der Waals surface area contributed by atoms with Crippen molar-refractivity contribution >= 4 is 12.1 Å². The van der Waals surface area contributed by atoms with Crippen LogP contribution in [0.5, 0.6) is 0 Å². The Labute approximate surface area is 197 Å². The van der Waals surface area contributed by atoms with Gasteiger partial charge >= 0.3 is 12.1 Å². The SMILES string of the molecule is COC(=O)N[C@@H](Cc1cn(C(c2ccccc2)(c2ccccc2)c2ccccc2)cn1)C(=O)O. The largest absolute Gasteiger partial charge is 0.480 e. The molecule has 172 valence electrons. The van der Waals surface area contributed by atoms with Crippen LogP contribution in [-0.4, -0.2) is 39.9 Å². The van der Waals surface area contributed by atoms with Gasteiger partial charge in [0.25, 0.3) is 0 Å². The van der Waals surface area contributed by atoms with E-state index in [1.807, 2.05) is 65.4 Å². The van der Waals surface area contributed by atoms with E-state index < -0.39 is 23.6 Å². The van der Waals surface area contributed by atoms with E-state index in [0.29, 0.717) is 5.69 Å². The lowest BCUT2D eigenvalue weighted by molar-refractivity contribution is -0.139. The van der Waals surface area contributed by atoms with E-state index in [9.17, 15) is 14.7 Å². The molecule has 1 aromatic heterocycles. The second-order valence-electron chi connectivity index (χ2n) is 7.81. The van der Waals surface area contributed by atoms with Crippen LogP contribution in [0.25, 0.3) is 0 Å². The van der Waals surface area contributed by atoms with Crippen LogP contribution < -0.4 is 5.32 Å². The number of hydrogen-bond acceptors (Lipinski definition) is 4. The van der Waals surface area contributed by atoms with Crippen LogP contribution >= 0.6 is 0 Å². The third kappa shape index (κ3) is 4.41. The maximum absolute atomic E-state index is 11.7. The summed E-state index contributed by atoms with van der Waals surface area (Å²) < 4.78 is 6.56. The molecule has 0 radical (unpaired) electrons. The van der Waals surface area contributed by atoms with Gasteiger partial charge in [-0.05, 0) is 16.7 Å². The molecule has 0 fully saturated rings. The Morgan fingerprint density at radius 2 is 1.38 bits per heavy atom. The van der Waals surface area contributed by atoms with Crippen molar-refractivity contribution < 1.29 is 19.4 Å². The Hall–Kier alpha value is -4.39. The minimum absolute atomic E-state index is 0.00584. The van der Waals surface area contributed by atoms with E-state index in [0.717, 1.165) is 16.7 Å². The standard InChI is InChI=1S/C27H25N3O4/c1-34-26(33)29-24(25(31)32)17-23-18-30(19-28-23)27(20-11-5-2-6-12-20,21-13-7-3-8-14-21)22-15-9-4-10-16-22/h2-16,18-19,24H,17H2,1H3,(H,29,33)(H,31,32)/t24-/m0/s1. The number of benzene rings is 3. The predicted molar refractivity (Wildman–Crippen MR) is 128 cm³/mol. The highest BCUT2D eigenvalue weighted by molar-refractivity contribution is 5.80. The molecule has 4 aromatic rings. The van der Waals surface area contributed by atoms with Crippen LogP contribution in [0.4, 0.5) is 4.79 Å². The molecule has 0 spiro atoms. The summed E-state index contributed by atoms with van der Waals surface area (Å²) in [5, 5.41) is 11.9. The molecule has 0 unspecified atom stereocenters. The molecule has 1 heterocycles. The number of carboxylic acids is 1. The predicted octanol–water partition coefficient (Wildman–Crippen LogP) is 4.08. The van der Waals surface area contributed by atoms with Gasteiger partial charge in [-0.15, -0.1) is 0 Å². The number of carbonyl (C=O) groups is 2. The van der Waals surface area contributed by atoms with Crippen LogP contribution in [0.1, 0.15) is 22.4 Å². The highest BCUT2D eigenvalue weighted by Gasteiger charge is 2.38. The second-order valence-corrected chi connectivity index (χ2v) is 7.81. The number of aliphatic carboxylic acids is 1. The number of methoxy groups -OCH3 is 1. The van der Waals surface area contributed by atoms with Gasteiger partial charge in [0.2, 0.25) is 0 Å². The molecular formula is C27H25N3O4. The Bertz CT molecular complexity index is 1140. The van der Waals surface area contributed by atoms with E-state index in [-0.39, 0.29) is 6.42 Å². The van der Waals surface area contributed by atoms with E-state index in [4.69, 9.17) is 0 Å². The molecule has 0 saturated heterocycles. The number of ether oxygens (including phenoxy) is 1. The molecule has 2 N–H and O–H groups in total.